The molecule has 0 fully saturated rings. The van der Waals surface area contributed by atoms with Gasteiger partial charge in [-0.25, -0.2) is 4.68 Å². The Labute approximate surface area is 169 Å². The zero-order valence-electron chi connectivity index (χ0n) is 16.1. The summed E-state index contributed by atoms with van der Waals surface area (Å²) in [6.45, 7) is 1.48. The predicted octanol–water partition coefficient (Wildman–Crippen LogP) is 2.07. The fourth-order valence-corrected chi connectivity index (χ4v) is 3.42. The van der Waals surface area contributed by atoms with Crippen molar-refractivity contribution in [2.75, 3.05) is 0 Å². The van der Waals surface area contributed by atoms with E-state index in [4.69, 9.17) is 0 Å². The summed E-state index contributed by atoms with van der Waals surface area (Å²) in [4.78, 5) is 26.4. The quantitative estimate of drug-likeness (QED) is 0.671. The van der Waals surface area contributed by atoms with Crippen LogP contribution in [0.25, 0.3) is 0 Å². The first-order valence-corrected chi connectivity index (χ1v) is 9.72. The standard InChI is InChI=1S/C22H23N5O2/c28-21(12-11-17-7-3-1-4-8-17)23-13-19-20-15-26(14-18-9-5-2-6-10-18)22(29)16-27(20)25-24-19/h1-10H,11-16H2,(H,23,28). The van der Waals surface area contributed by atoms with Gasteiger partial charge in [0.25, 0.3) is 0 Å². The summed E-state index contributed by atoms with van der Waals surface area (Å²) in [7, 11) is 0. The van der Waals surface area contributed by atoms with Crippen molar-refractivity contribution in [2.45, 2.75) is 39.0 Å². The van der Waals surface area contributed by atoms with Gasteiger partial charge in [-0.05, 0) is 17.5 Å². The number of nitrogens with one attached hydrogen (secondary N) is 1. The molecule has 2 heterocycles. The molecule has 0 spiro atoms. The van der Waals surface area contributed by atoms with Crippen molar-refractivity contribution in [2.24, 2.45) is 0 Å². The van der Waals surface area contributed by atoms with Crippen LogP contribution < -0.4 is 5.32 Å². The summed E-state index contributed by atoms with van der Waals surface area (Å²) in [6.07, 6.45) is 1.12. The Bertz CT molecular complexity index is 985. The van der Waals surface area contributed by atoms with Crippen molar-refractivity contribution in [1.82, 2.24) is 25.2 Å². The monoisotopic (exact) mass is 389 g/mol. The van der Waals surface area contributed by atoms with Gasteiger partial charge in [-0.3, -0.25) is 9.59 Å². The molecular weight excluding hydrogens is 366 g/mol. The van der Waals surface area contributed by atoms with Gasteiger partial charge in [0, 0.05) is 13.0 Å². The zero-order valence-corrected chi connectivity index (χ0v) is 16.1. The van der Waals surface area contributed by atoms with Gasteiger partial charge in [-0.2, -0.15) is 0 Å². The van der Waals surface area contributed by atoms with Crippen molar-refractivity contribution in [3.8, 4) is 0 Å². The number of aryl methyl sites for hydroxylation is 1. The van der Waals surface area contributed by atoms with Gasteiger partial charge in [-0.15, -0.1) is 5.10 Å². The van der Waals surface area contributed by atoms with Crippen molar-refractivity contribution < 1.29 is 9.59 Å². The average Bonchev–Trinajstić information content (AvgIpc) is 3.14. The molecule has 1 aliphatic heterocycles. The van der Waals surface area contributed by atoms with Gasteiger partial charge in [0.2, 0.25) is 11.8 Å². The Hall–Kier alpha value is -3.48. The number of nitrogens with zero attached hydrogens (tertiary/aromatic N) is 4. The van der Waals surface area contributed by atoms with Crippen LogP contribution >= 0.6 is 0 Å². The highest BCUT2D eigenvalue weighted by Gasteiger charge is 2.27. The molecule has 0 bridgehead atoms. The van der Waals surface area contributed by atoms with Gasteiger partial charge in [0.1, 0.15) is 12.2 Å². The minimum absolute atomic E-state index is 0.0182. The topological polar surface area (TPSA) is 80.1 Å². The largest absolute Gasteiger partial charge is 0.350 e. The second kappa shape index (κ2) is 8.68. The molecule has 148 valence electrons. The van der Waals surface area contributed by atoms with E-state index in [9.17, 15) is 9.59 Å². The molecule has 0 saturated carbocycles. The maximum atomic E-state index is 12.4. The molecule has 29 heavy (non-hydrogen) atoms. The lowest BCUT2D eigenvalue weighted by Gasteiger charge is -2.27. The third kappa shape index (κ3) is 4.68. The van der Waals surface area contributed by atoms with Crippen molar-refractivity contribution >= 4 is 11.8 Å². The number of fused-ring (bicyclic) bond motifs is 1. The third-order valence-corrected chi connectivity index (χ3v) is 5.05. The normalized spacial score (nSPS) is 13.2. The molecule has 0 unspecified atom stereocenters. The predicted molar refractivity (Wildman–Crippen MR) is 107 cm³/mol. The summed E-state index contributed by atoms with van der Waals surface area (Å²) in [5, 5.41) is 11.2. The first kappa shape index (κ1) is 18.9. The number of aromatic nitrogens is 3. The van der Waals surface area contributed by atoms with Crippen LogP contribution in [0.5, 0.6) is 0 Å². The number of rotatable bonds is 7. The van der Waals surface area contributed by atoms with Crippen LogP contribution in [-0.2, 0) is 42.2 Å². The summed E-state index contributed by atoms with van der Waals surface area (Å²) >= 11 is 0. The molecule has 7 nitrogen and oxygen atoms in total. The molecule has 0 atom stereocenters. The molecule has 3 aromatic rings. The van der Waals surface area contributed by atoms with Crippen LogP contribution in [0, 0.1) is 0 Å². The van der Waals surface area contributed by atoms with E-state index in [0.717, 1.165) is 16.8 Å². The molecule has 1 aromatic heterocycles. The van der Waals surface area contributed by atoms with Crippen LogP contribution in [0.4, 0.5) is 0 Å². The lowest BCUT2D eigenvalue weighted by Crippen LogP contribution is -2.39. The van der Waals surface area contributed by atoms with E-state index in [1.54, 1.807) is 9.58 Å². The second-order valence-corrected chi connectivity index (χ2v) is 7.14. The van der Waals surface area contributed by atoms with Crippen LogP contribution in [0.3, 0.4) is 0 Å². The van der Waals surface area contributed by atoms with Gasteiger partial charge >= 0.3 is 0 Å². The van der Waals surface area contributed by atoms with E-state index >= 15 is 0 Å². The minimum atomic E-state index is -0.0244. The van der Waals surface area contributed by atoms with E-state index in [1.807, 2.05) is 60.7 Å². The number of hydrogen-bond donors (Lipinski definition) is 1. The summed E-state index contributed by atoms with van der Waals surface area (Å²) in [5.74, 6) is -0.00618. The number of benzene rings is 2. The van der Waals surface area contributed by atoms with Crippen LogP contribution in [0.1, 0.15) is 28.9 Å². The van der Waals surface area contributed by atoms with Crippen molar-refractivity contribution in [3.63, 3.8) is 0 Å². The molecule has 7 heteroatoms. The van der Waals surface area contributed by atoms with E-state index < -0.39 is 0 Å². The van der Waals surface area contributed by atoms with E-state index in [1.165, 1.54) is 0 Å². The highest BCUT2D eigenvalue weighted by atomic mass is 16.2. The molecule has 0 saturated heterocycles. The van der Waals surface area contributed by atoms with E-state index in [-0.39, 0.29) is 18.4 Å². The summed E-state index contributed by atoms with van der Waals surface area (Å²) in [5.41, 5.74) is 3.81. The molecule has 4 rings (SSSR count). The fourth-order valence-electron chi connectivity index (χ4n) is 3.42. The second-order valence-electron chi connectivity index (χ2n) is 7.14. The Morgan fingerprint density at radius 1 is 0.966 bits per heavy atom. The van der Waals surface area contributed by atoms with Crippen LogP contribution in [-0.4, -0.2) is 31.7 Å². The molecule has 1 N–H and O–H groups in total. The fraction of sp³-hybridized carbons (Fsp3) is 0.273. The summed E-state index contributed by atoms with van der Waals surface area (Å²) in [6, 6.07) is 19.8. The van der Waals surface area contributed by atoms with E-state index in [2.05, 4.69) is 15.6 Å². The molecule has 1 aliphatic rings. The van der Waals surface area contributed by atoms with Gasteiger partial charge < -0.3 is 10.2 Å². The SMILES string of the molecule is O=C(CCc1ccccc1)NCc1nnn2c1CN(Cc1ccccc1)C(=O)C2. The third-order valence-electron chi connectivity index (χ3n) is 5.05. The highest BCUT2D eigenvalue weighted by Crippen LogP contribution is 2.18. The first-order chi connectivity index (χ1) is 14.2. The van der Waals surface area contributed by atoms with E-state index in [0.29, 0.717) is 38.2 Å². The lowest BCUT2D eigenvalue weighted by atomic mass is 10.1. The maximum Gasteiger partial charge on any atom is 0.245 e. The first-order valence-electron chi connectivity index (χ1n) is 9.72. The number of hydrogen-bond acceptors (Lipinski definition) is 4. The molecular formula is C22H23N5O2. The zero-order chi connectivity index (χ0) is 20.1. The van der Waals surface area contributed by atoms with Crippen molar-refractivity contribution in [1.29, 1.82) is 0 Å². The van der Waals surface area contributed by atoms with Gasteiger partial charge in [0.05, 0.1) is 18.8 Å². The Balaban J connectivity index is 1.35. The van der Waals surface area contributed by atoms with Gasteiger partial charge in [-0.1, -0.05) is 65.9 Å². The molecule has 2 aromatic carbocycles. The summed E-state index contributed by atoms with van der Waals surface area (Å²) < 4.78 is 1.63. The van der Waals surface area contributed by atoms with Crippen molar-refractivity contribution in [3.05, 3.63) is 83.2 Å². The Morgan fingerprint density at radius 3 is 2.38 bits per heavy atom. The van der Waals surface area contributed by atoms with Crippen LogP contribution in [0.2, 0.25) is 0 Å². The molecule has 2 amide bonds. The smallest absolute Gasteiger partial charge is 0.245 e. The number of carbonyl (C=O) groups excluding carboxylic acids is 2. The Morgan fingerprint density at radius 2 is 1.66 bits per heavy atom. The minimum Gasteiger partial charge on any atom is -0.350 e. The average molecular weight is 389 g/mol. The van der Waals surface area contributed by atoms with Gasteiger partial charge in [0.15, 0.2) is 0 Å². The molecule has 0 aliphatic carbocycles. The number of carbonyl (C=O) groups is 2. The molecule has 0 radical (unpaired) electrons. The maximum absolute atomic E-state index is 12.4. The Kier molecular flexibility index (Phi) is 5.65. The highest BCUT2D eigenvalue weighted by molar-refractivity contribution is 5.77. The number of amides is 2. The van der Waals surface area contributed by atoms with Crippen LogP contribution in [0.15, 0.2) is 60.7 Å². The lowest BCUT2D eigenvalue weighted by molar-refractivity contribution is -0.135.